The Bertz CT molecular complexity index is 663. The van der Waals surface area contributed by atoms with Crippen molar-refractivity contribution in [3.8, 4) is 0 Å². The van der Waals surface area contributed by atoms with Crippen molar-refractivity contribution in [2.45, 2.75) is 13.5 Å². The second-order valence-corrected chi connectivity index (χ2v) is 4.11. The van der Waals surface area contributed by atoms with E-state index in [2.05, 4.69) is 9.72 Å². The number of pyridine rings is 1. The van der Waals surface area contributed by atoms with Gasteiger partial charge in [0.15, 0.2) is 0 Å². The lowest BCUT2D eigenvalue weighted by Gasteiger charge is -2.06. The SMILES string of the molecule is COCC(=O)OCc1cc(=O)n2cc(C)ccc2n1. The highest BCUT2D eigenvalue weighted by Gasteiger charge is 2.06. The van der Waals surface area contributed by atoms with Crippen molar-refractivity contribution in [2.24, 2.45) is 0 Å². The van der Waals surface area contributed by atoms with Crippen LogP contribution >= 0.6 is 0 Å². The maximum absolute atomic E-state index is 11.9. The van der Waals surface area contributed by atoms with E-state index >= 15 is 0 Å². The van der Waals surface area contributed by atoms with E-state index in [4.69, 9.17) is 4.74 Å². The summed E-state index contributed by atoms with van der Waals surface area (Å²) < 4.78 is 11.0. The highest BCUT2D eigenvalue weighted by Crippen LogP contribution is 2.03. The third-order valence-electron chi connectivity index (χ3n) is 2.50. The largest absolute Gasteiger partial charge is 0.457 e. The average molecular weight is 262 g/mol. The Morgan fingerprint density at radius 3 is 2.95 bits per heavy atom. The summed E-state index contributed by atoms with van der Waals surface area (Å²) in [5.41, 5.74) is 1.70. The molecule has 19 heavy (non-hydrogen) atoms. The van der Waals surface area contributed by atoms with Gasteiger partial charge in [-0.3, -0.25) is 9.20 Å². The van der Waals surface area contributed by atoms with Crippen LogP contribution in [0.4, 0.5) is 0 Å². The van der Waals surface area contributed by atoms with E-state index in [1.165, 1.54) is 17.6 Å². The molecule has 2 heterocycles. The Kier molecular flexibility index (Phi) is 3.91. The predicted molar refractivity (Wildman–Crippen MR) is 67.9 cm³/mol. The number of nitrogens with zero attached hydrogens (tertiary/aromatic N) is 2. The van der Waals surface area contributed by atoms with Crippen molar-refractivity contribution in [1.29, 1.82) is 0 Å². The molecule has 2 rings (SSSR count). The average Bonchev–Trinajstić information content (AvgIpc) is 2.38. The zero-order chi connectivity index (χ0) is 13.8. The maximum atomic E-state index is 11.9. The van der Waals surface area contributed by atoms with Crippen LogP contribution in [-0.4, -0.2) is 29.1 Å². The number of hydrogen-bond donors (Lipinski definition) is 0. The highest BCUT2D eigenvalue weighted by molar-refractivity contribution is 5.70. The Balaban J connectivity index is 2.24. The molecule has 100 valence electrons. The Labute approximate surface area is 109 Å². The molecular formula is C13H14N2O4. The number of ether oxygens (including phenoxy) is 2. The fourth-order valence-corrected chi connectivity index (χ4v) is 1.65. The van der Waals surface area contributed by atoms with Crippen LogP contribution in [0.25, 0.3) is 5.65 Å². The molecule has 0 unspecified atom stereocenters. The molecule has 0 aromatic carbocycles. The quantitative estimate of drug-likeness (QED) is 0.758. The van der Waals surface area contributed by atoms with Crippen molar-refractivity contribution in [3.05, 3.63) is 46.0 Å². The van der Waals surface area contributed by atoms with Gasteiger partial charge in [-0.15, -0.1) is 0 Å². The topological polar surface area (TPSA) is 69.9 Å². The summed E-state index contributed by atoms with van der Waals surface area (Å²) in [4.78, 5) is 27.3. The molecule has 0 bridgehead atoms. The van der Waals surface area contributed by atoms with Crippen molar-refractivity contribution >= 4 is 11.6 Å². The van der Waals surface area contributed by atoms with Gasteiger partial charge in [0.1, 0.15) is 18.9 Å². The van der Waals surface area contributed by atoms with Crippen molar-refractivity contribution in [3.63, 3.8) is 0 Å². The standard InChI is InChI=1S/C13H14N2O4/c1-9-3-4-11-14-10(5-12(16)15(11)6-9)7-19-13(17)8-18-2/h3-6H,7-8H2,1-2H3. The molecule has 0 aliphatic rings. The molecule has 0 saturated heterocycles. The summed E-state index contributed by atoms with van der Waals surface area (Å²) in [7, 11) is 1.41. The summed E-state index contributed by atoms with van der Waals surface area (Å²) in [6.45, 7) is 1.74. The molecule has 2 aromatic heterocycles. The van der Waals surface area contributed by atoms with Crippen molar-refractivity contribution in [2.75, 3.05) is 13.7 Å². The van der Waals surface area contributed by atoms with Gasteiger partial charge in [0.05, 0.1) is 5.69 Å². The van der Waals surface area contributed by atoms with Gasteiger partial charge in [0.2, 0.25) is 0 Å². The predicted octanol–water partition coefficient (Wildman–Crippen LogP) is 0.693. The zero-order valence-corrected chi connectivity index (χ0v) is 10.8. The number of hydrogen-bond acceptors (Lipinski definition) is 5. The minimum Gasteiger partial charge on any atom is -0.457 e. The van der Waals surface area contributed by atoms with E-state index in [1.807, 2.05) is 13.0 Å². The minimum absolute atomic E-state index is 0.0399. The lowest BCUT2D eigenvalue weighted by atomic mass is 10.3. The molecule has 0 atom stereocenters. The van der Waals surface area contributed by atoms with E-state index < -0.39 is 5.97 Å². The van der Waals surface area contributed by atoms with Crippen LogP contribution in [0.2, 0.25) is 0 Å². The van der Waals surface area contributed by atoms with E-state index in [0.29, 0.717) is 11.3 Å². The summed E-state index contributed by atoms with van der Waals surface area (Å²) in [5.74, 6) is -0.492. The van der Waals surface area contributed by atoms with E-state index in [0.717, 1.165) is 5.56 Å². The zero-order valence-electron chi connectivity index (χ0n) is 10.8. The van der Waals surface area contributed by atoms with Crippen molar-refractivity contribution in [1.82, 2.24) is 9.38 Å². The van der Waals surface area contributed by atoms with Gasteiger partial charge in [0.25, 0.3) is 5.56 Å². The number of rotatable bonds is 4. The summed E-state index contributed by atoms with van der Waals surface area (Å²) >= 11 is 0. The smallest absolute Gasteiger partial charge is 0.332 e. The Hall–Kier alpha value is -2.21. The Morgan fingerprint density at radius 1 is 1.42 bits per heavy atom. The third kappa shape index (κ3) is 3.17. The molecular weight excluding hydrogens is 248 g/mol. The summed E-state index contributed by atoms with van der Waals surface area (Å²) in [6.07, 6.45) is 1.71. The molecule has 0 aliphatic carbocycles. The highest BCUT2D eigenvalue weighted by atomic mass is 16.6. The van der Waals surface area contributed by atoms with Gasteiger partial charge in [0, 0.05) is 19.4 Å². The number of aryl methyl sites for hydroxylation is 1. The molecule has 6 nitrogen and oxygen atoms in total. The second kappa shape index (κ2) is 5.62. The molecule has 0 spiro atoms. The van der Waals surface area contributed by atoms with Crippen LogP contribution in [0.3, 0.4) is 0 Å². The van der Waals surface area contributed by atoms with Crippen LogP contribution in [0.5, 0.6) is 0 Å². The first-order valence-electron chi connectivity index (χ1n) is 5.73. The third-order valence-corrected chi connectivity index (χ3v) is 2.50. The number of fused-ring (bicyclic) bond motifs is 1. The molecule has 6 heteroatoms. The Morgan fingerprint density at radius 2 is 2.21 bits per heavy atom. The number of carbonyl (C=O) groups excluding carboxylic acids is 1. The van der Waals surface area contributed by atoms with Crippen LogP contribution < -0.4 is 5.56 Å². The minimum atomic E-state index is -0.492. The lowest BCUT2D eigenvalue weighted by molar-refractivity contribution is -0.149. The first kappa shape index (κ1) is 13.2. The fourth-order valence-electron chi connectivity index (χ4n) is 1.65. The number of aromatic nitrogens is 2. The van der Waals surface area contributed by atoms with Crippen LogP contribution in [0, 0.1) is 6.92 Å². The molecule has 2 aromatic rings. The first-order chi connectivity index (χ1) is 9.10. The van der Waals surface area contributed by atoms with Crippen LogP contribution in [-0.2, 0) is 20.9 Å². The van der Waals surface area contributed by atoms with E-state index in [9.17, 15) is 9.59 Å². The van der Waals surface area contributed by atoms with Crippen LogP contribution in [0.15, 0.2) is 29.2 Å². The van der Waals surface area contributed by atoms with Gasteiger partial charge in [-0.2, -0.15) is 0 Å². The number of methoxy groups -OCH3 is 1. The normalized spacial score (nSPS) is 10.6. The number of esters is 1. The lowest BCUT2D eigenvalue weighted by Crippen LogP contribution is -2.17. The maximum Gasteiger partial charge on any atom is 0.332 e. The van der Waals surface area contributed by atoms with Crippen LogP contribution in [0.1, 0.15) is 11.3 Å². The van der Waals surface area contributed by atoms with Crippen molar-refractivity contribution < 1.29 is 14.3 Å². The summed E-state index contributed by atoms with van der Waals surface area (Å²) in [5, 5.41) is 0. The monoisotopic (exact) mass is 262 g/mol. The van der Waals surface area contributed by atoms with Gasteiger partial charge >= 0.3 is 5.97 Å². The molecule has 0 saturated carbocycles. The van der Waals surface area contributed by atoms with E-state index in [-0.39, 0.29) is 18.8 Å². The molecule has 0 N–H and O–H groups in total. The molecule has 0 amide bonds. The molecule has 0 fully saturated rings. The fraction of sp³-hybridized carbons (Fsp3) is 0.308. The van der Waals surface area contributed by atoms with Gasteiger partial charge in [-0.25, -0.2) is 9.78 Å². The molecule has 0 aliphatic heterocycles. The van der Waals surface area contributed by atoms with E-state index in [1.54, 1.807) is 12.3 Å². The van der Waals surface area contributed by atoms with Gasteiger partial charge in [-0.05, 0) is 18.6 Å². The molecule has 0 radical (unpaired) electrons. The number of carbonyl (C=O) groups is 1. The first-order valence-corrected chi connectivity index (χ1v) is 5.73. The van der Waals surface area contributed by atoms with Gasteiger partial charge in [-0.1, -0.05) is 6.07 Å². The summed E-state index contributed by atoms with van der Waals surface area (Å²) in [6, 6.07) is 4.96. The van der Waals surface area contributed by atoms with Gasteiger partial charge < -0.3 is 9.47 Å². The second-order valence-electron chi connectivity index (χ2n) is 4.11.